The lowest BCUT2D eigenvalue weighted by Crippen LogP contribution is -2.30. The molecule has 0 radical (unpaired) electrons. The lowest BCUT2D eigenvalue weighted by Gasteiger charge is -2.26. The standard InChI is InChI=1S/C18H12F2N2O3/c1-25-18(24)12-5-11(19)6-15-16(12)17(23)13(8-22-15)9-2-3-10(7-21)14(20)4-9/h2-6,13,22H,8H2,1H3. The number of anilines is 1. The summed E-state index contributed by atoms with van der Waals surface area (Å²) in [7, 11) is 1.13. The number of ketones is 1. The fourth-order valence-electron chi connectivity index (χ4n) is 2.87. The van der Waals surface area contributed by atoms with Gasteiger partial charge in [0.2, 0.25) is 0 Å². The first-order chi connectivity index (χ1) is 12.0. The number of carbonyl (C=O) groups excluding carboxylic acids is 2. The van der Waals surface area contributed by atoms with Crippen molar-refractivity contribution in [1.29, 1.82) is 5.26 Å². The number of rotatable bonds is 2. The normalized spacial score (nSPS) is 15.8. The number of Topliss-reactive ketones (excluding diaryl/α,β-unsaturated/α-hetero) is 1. The number of halogens is 2. The highest BCUT2D eigenvalue weighted by Gasteiger charge is 2.33. The Labute approximate surface area is 141 Å². The molecule has 1 atom stereocenters. The summed E-state index contributed by atoms with van der Waals surface area (Å²) < 4.78 is 32.2. The molecule has 25 heavy (non-hydrogen) atoms. The molecule has 0 bridgehead atoms. The number of benzene rings is 2. The summed E-state index contributed by atoms with van der Waals surface area (Å²) in [5.41, 5.74) is 0.247. The van der Waals surface area contributed by atoms with Crippen LogP contribution in [-0.4, -0.2) is 25.4 Å². The minimum atomic E-state index is -0.836. The van der Waals surface area contributed by atoms with Crippen LogP contribution in [0.4, 0.5) is 14.5 Å². The van der Waals surface area contributed by atoms with Gasteiger partial charge in [0.15, 0.2) is 5.78 Å². The van der Waals surface area contributed by atoms with E-state index in [2.05, 4.69) is 10.1 Å². The highest BCUT2D eigenvalue weighted by Crippen LogP contribution is 2.34. The van der Waals surface area contributed by atoms with Crippen LogP contribution in [0.2, 0.25) is 0 Å². The van der Waals surface area contributed by atoms with Gasteiger partial charge in [-0.1, -0.05) is 6.07 Å². The molecule has 7 heteroatoms. The van der Waals surface area contributed by atoms with E-state index in [0.717, 1.165) is 25.3 Å². The number of hydrogen-bond donors (Lipinski definition) is 1. The van der Waals surface area contributed by atoms with E-state index in [1.54, 1.807) is 6.07 Å². The van der Waals surface area contributed by atoms with Crippen molar-refractivity contribution in [1.82, 2.24) is 0 Å². The summed E-state index contributed by atoms with van der Waals surface area (Å²) in [6, 6.07) is 7.66. The third-order valence-corrected chi connectivity index (χ3v) is 4.08. The maximum atomic E-state index is 13.9. The van der Waals surface area contributed by atoms with Gasteiger partial charge in [-0.05, 0) is 29.8 Å². The van der Waals surface area contributed by atoms with Crippen LogP contribution in [0.25, 0.3) is 0 Å². The summed E-state index contributed by atoms with van der Waals surface area (Å²) in [6.45, 7) is 0.112. The second kappa shape index (κ2) is 6.32. The third kappa shape index (κ3) is 2.83. The van der Waals surface area contributed by atoms with E-state index in [0.29, 0.717) is 5.56 Å². The average Bonchev–Trinajstić information content (AvgIpc) is 2.60. The first-order valence-corrected chi connectivity index (χ1v) is 7.35. The Bertz CT molecular complexity index is 935. The second-order valence-corrected chi connectivity index (χ2v) is 5.52. The molecule has 0 fully saturated rings. The molecule has 0 saturated carbocycles. The van der Waals surface area contributed by atoms with E-state index in [1.165, 1.54) is 12.1 Å². The fourth-order valence-corrected chi connectivity index (χ4v) is 2.87. The average molecular weight is 342 g/mol. The van der Waals surface area contributed by atoms with Crippen molar-refractivity contribution in [3.05, 3.63) is 64.2 Å². The van der Waals surface area contributed by atoms with Gasteiger partial charge in [-0.3, -0.25) is 4.79 Å². The number of nitrogens with one attached hydrogen (secondary N) is 1. The number of fused-ring (bicyclic) bond motifs is 1. The summed E-state index contributed by atoms with van der Waals surface area (Å²) in [5, 5.41) is 11.7. The van der Waals surface area contributed by atoms with Crippen LogP contribution in [0, 0.1) is 23.0 Å². The minimum Gasteiger partial charge on any atom is -0.465 e. The molecular formula is C18H12F2N2O3. The number of nitriles is 1. The maximum Gasteiger partial charge on any atom is 0.338 e. The van der Waals surface area contributed by atoms with E-state index in [1.807, 2.05) is 0 Å². The van der Waals surface area contributed by atoms with Crippen LogP contribution >= 0.6 is 0 Å². The molecule has 0 spiro atoms. The van der Waals surface area contributed by atoms with Crippen molar-refractivity contribution in [3.63, 3.8) is 0 Å². The van der Waals surface area contributed by atoms with Gasteiger partial charge >= 0.3 is 5.97 Å². The molecule has 0 saturated heterocycles. The fraction of sp³-hybridized carbons (Fsp3) is 0.167. The molecular weight excluding hydrogens is 330 g/mol. The molecule has 3 rings (SSSR count). The van der Waals surface area contributed by atoms with Crippen molar-refractivity contribution < 1.29 is 23.1 Å². The summed E-state index contributed by atoms with van der Waals surface area (Å²) in [5.74, 6) is -3.47. The molecule has 126 valence electrons. The molecule has 1 aliphatic heterocycles. The Kier molecular flexibility index (Phi) is 4.19. The van der Waals surface area contributed by atoms with Gasteiger partial charge in [0.05, 0.1) is 29.7 Å². The second-order valence-electron chi connectivity index (χ2n) is 5.52. The van der Waals surface area contributed by atoms with Crippen LogP contribution in [0.1, 0.15) is 37.8 Å². The highest BCUT2D eigenvalue weighted by atomic mass is 19.1. The third-order valence-electron chi connectivity index (χ3n) is 4.08. The highest BCUT2D eigenvalue weighted by molar-refractivity contribution is 6.14. The largest absolute Gasteiger partial charge is 0.465 e. The molecule has 2 aromatic rings. The first kappa shape index (κ1) is 16.6. The Balaban J connectivity index is 2.08. The number of carbonyl (C=O) groups is 2. The van der Waals surface area contributed by atoms with Crippen LogP contribution in [0.5, 0.6) is 0 Å². The predicted octanol–water partition coefficient (Wildman–Crippen LogP) is 3.02. The SMILES string of the molecule is COC(=O)c1cc(F)cc2c1C(=O)C(c1ccc(C#N)c(F)c1)CN2. The molecule has 1 unspecified atom stereocenters. The molecule has 2 aromatic carbocycles. The topological polar surface area (TPSA) is 79.2 Å². The van der Waals surface area contributed by atoms with Crippen molar-refractivity contribution >= 4 is 17.4 Å². The first-order valence-electron chi connectivity index (χ1n) is 7.35. The Morgan fingerprint density at radius 2 is 2.08 bits per heavy atom. The minimum absolute atomic E-state index is 0.00858. The zero-order valence-corrected chi connectivity index (χ0v) is 13.1. The summed E-state index contributed by atoms with van der Waals surface area (Å²) in [4.78, 5) is 24.8. The van der Waals surface area contributed by atoms with Gasteiger partial charge in [-0.25, -0.2) is 13.6 Å². The van der Waals surface area contributed by atoms with Crippen molar-refractivity contribution in [2.24, 2.45) is 0 Å². The molecule has 0 amide bonds. The summed E-state index contributed by atoms with van der Waals surface area (Å²) in [6.07, 6.45) is 0. The van der Waals surface area contributed by atoms with Gasteiger partial charge in [-0.2, -0.15) is 5.26 Å². The van der Waals surface area contributed by atoms with Gasteiger partial charge in [0.25, 0.3) is 0 Å². The maximum absolute atomic E-state index is 13.9. The quantitative estimate of drug-likeness (QED) is 0.849. The Morgan fingerprint density at radius 3 is 2.72 bits per heavy atom. The molecule has 5 nitrogen and oxygen atoms in total. The van der Waals surface area contributed by atoms with Crippen LogP contribution in [-0.2, 0) is 4.74 Å². The number of esters is 1. The monoisotopic (exact) mass is 342 g/mol. The van der Waals surface area contributed by atoms with E-state index in [9.17, 15) is 18.4 Å². The van der Waals surface area contributed by atoms with Gasteiger partial charge in [-0.15, -0.1) is 0 Å². The number of nitrogens with zero attached hydrogens (tertiary/aromatic N) is 1. The van der Waals surface area contributed by atoms with E-state index < -0.39 is 29.3 Å². The molecule has 0 aliphatic carbocycles. The van der Waals surface area contributed by atoms with Crippen LogP contribution in [0.3, 0.4) is 0 Å². The zero-order valence-electron chi connectivity index (χ0n) is 13.1. The van der Waals surface area contributed by atoms with Crippen molar-refractivity contribution in [2.75, 3.05) is 19.0 Å². The Morgan fingerprint density at radius 1 is 1.32 bits per heavy atom. The van der Waals surface area contributed by atoms with Crippen LogP contribution in [0.15, 0.2) is 30.3 Å². The van der Waals surface area contributed by atoms with Crippen molar-refractivity contribution in [3.8, 4) is 6.07 Å². The zero-order chi connectivity index (χ0) is 18.1. The number of methoxy groups -OCH3 is 1. The molecule has 1 N–H and O–H groups in total. The van der Waals surface area contributed by atoms with Gasteiger partial charge < -0.3 is 10.1 Å². The van der Waals surface area contributed by atoms with Gasteiger partial charge in [0, 0.05) is 12.2 Å². The number of ether oxygens (including phenoxy) is 1. The predicted molar refractivity (Wildman–Crippen MR) is 84.4 cm³/mol. The molecule has 1 heterocycles. The molecule has 0 aromatic heterocycles. The van der Waals surface area contributed by atoms with E-state index in [4.69, 9.17) is 5.26 Å². The van der Waals surface area contributed by atoms with E-state index >= 15 is 0 Å². The summed E-state index contributed by atoms with van der Waals surface area (Å²) >= 11 is 0. The lowest BCUT2D eigenvalue weighted by molar-refractivity contribution is 0.0596. The van der Waals surface area contributed by atoms with Gasteiger partial charge in [0.1, 0.15) is 17.7 Å². The number of hydrogen-bond acceptors (Lipinski definition) is 5. The van der Waals surface area contributed by atoms with E-state index in [-0.39, 0.29) is 28.9 Å². The molecule has 1 aliphatic rings. The smallest absolute Gasteiger partial charge is 0.338 e. The van der Waals surface area contributed by atoms with Crippen molar-refractivity contribution in [2.45, 2.75) is 5.92 Å². The van der Waals surface area contributed by atoms with Crippen LogP contribution < -0.4 is 5.32 Å². The lowest BCUT2D eigenvalue weighted by atomic mass is 9.84. The Hall–Kier alpha value is -3.27.